The molecule has 0 aromatic carbocycles. The molecule has 19 heteroatoms. The summed E-state index contributed by atoms with van der Waals surface area (Å²) in [4.78, 5) is 72.6. The number of phosphoric ester groups is 2. The topological polar surface area (TPSA) is 237 Å². The van der Waals surface area contributed by atoms with Crippen LogP contribution in [-0.4, -0.2) is 96.7 Å². The van der Waals surface area contributed by atoms with E-state index in [1.54, 1.807) is 0 Å². The van der Waals surface area contributed by atoms with Gasteiger partial charge in [0, 0.05) is 25.7 Å². The van der Waals surface area contributed by atoms with Gasteiger partial charge in [0.2, 0.25) is 0 Å². The van der Waals surface area contributed by atoms with Crippen molar-refractivity contribution < 1.29 is 80.2 Å². The van der Waals surface area contributed by atoms with Crippen LogP contribution < -0.4 is 0 Å². The Balaban J connectivity index is 5.21. The van der Waals surface area contributed by atoms with Gasteiger partial charge in [0.15, 0.2) is 12.2 Å². The average Bonchev–Trinajstić information content (AvgIpc) is 3.52. The monoisotopic (exact) mass is 1350 g/mol. The number of hydrogen-bond donors (Lipinski definition) is 3. The van der Waals surface area contributed by atoms with E-state index in [4.69, 9.17) is 37.0 Å². The first kappa shape index (κ1) is 90.1. The summed E-state index contributed by atoms with van der Waals surface area (Å²) in [5, 5.41) is 10.6. The lowest BCUT2D eigenvalue weighted by molar-refractivity contribution is -0.161. The van der Waals surface area contributed by atoms with Crippen LogP contribution in [0.3, 0.4) is 0 Å². The second kappa shape index (κ2) is 62.6. The Morgan fingerprint density at radius 3 is 0.772 bits per heavy atom. The summed E-state index contributed by atoms with van der Waals surface area (Å²) in [5.74, 6) is 0.881. The molecular formula is C73H142O17P2. The predicted octanol–water partition coefficient (Wildman–Crippen LogP) is 20.9. The van der Waals surface area contributed by atoms with Crippen LogP contribution in [0.5, 0.6) is 0 Å². The molecule has 92 heavy (non-hydrogen) atoms. The van der Waals surface area contributed by atoms with E-state index >= 15 is 0 Å². The summed E-state index contributed by atoms with van der Waals surface area (Å²) in [6.45, 7) is 14.1. The van der Waals surface area contributed by atoms with E-state index < -0.39 is 97.5 Å². The Morgan fingerprint density at radius 2 is 0.522 bits per heavy atom. The van der Waals surface area contributed by atoms with Gasteiger partial charge in [-0.05, 0) is 49.4 Å². The Bertz CT molecular complexity index is 1820. The van der Waals surface area contributed by atoms with Crippen LogP contribution >= 0.6 is 15.6 Å². The van der Waals surface area contributed by atoms with Gasteiger partial charge < -0.3 is 33.8 Å². The standard InChI is InChI=1S/C73H142O17P2/c1-9-66(8)52-44-36-27-20-16-12-10-11-13-17-21-28-37-45-53-70(75)83-59-68(89-72(77)55-47-39-30-22-18-14-15-19-25-33-41-49-63(2)3)61-87-91(79,80)85-57-67(74)58-86-92(81,82)88-62-69(90-73(78)56-48-40-32-31-35-43-51-65(6)7)60-84-71(76)54-46-38-29-24-23-26-34-42-50-64(4)5/h63-69,74H,9-62H2,1-8H3,(H,79,80)(H,81,82)/t66?,67?,68-,69-/m1/s1. The lowest BCUT2D eigenvalue weighted by Crippen LogP contribution is -2.30. The molecule has 6 atom stereocenters. The number of aliphatic hydroxyl groups is 1. The van der Waals surface area contributed by atoms with Crippen LogP contribution in [0.25, 0.3) is 0 Å². The van der Waals surface area contributed by atoms with Gasteiger partial charge in [-0.25, -0.2) is 9.13 Å². The molecule has 0 radical (unpaired) electrons. The molecule has 0 amide bonds. The summed E-state index contributed by atoms with van der Waals surface area (Å²) in [6, 6.07) is 0. The maximum atomic E-state index is 13.1. The minimum atomic E-state index is -4.96. The Morgan fingerprint density at radius 1 is 0.304 bits per heavy atom. The first-order valence-corrected chi connectivity index (χ1v) is 40.7. The molecule has 3 N–H and O–H groups in total. The van der Waals surface area contributed by atoms with Gasteiger partial charge in [0.1, 0.15) is 19.3 Å². The first-order valence-electron chi connectivity index (χ1n) is 37.7. The molecule has 0 saturated carbocycles. The Labute approximate surface area is 562 Å². The van der Waals surface area contributed by atoms with Gasteiger partial charge in [-0.1, -0.05) is 312 Å². The third kappa shape index (κ3) is 65.4. The number of carbonyl (C=O) groups is 4. The highest BCUT2D eigenvalue weighted by Crippen LogP contribution is 2.45. The van der Waals surface area contributed by atoms with Crippen molar-refractivity contribution in [1.29, 1.82) is 0 Å². The fraction of sp³-hybridized carbons (Fsp3) is 0.945. The van der Waals surface area contributed by atoms with Gasteiger partial charge in [0.25, 0.3) is 0 Å². The molecule has 0 rings (SSSR count). The maximum Gasteiger partial charge on any atom is 0.472 e. The number of phosphoric acid groups is 2. The SMILES string of the molecule is CCC(C)CCCCCCCCCCCCCCCCC(=O)OC[C@H](COP(=O)(O)OCC(O)COP(=O)(O)OC[C@@H](COC(=O)CCCCCCCCCCC(C)C)OC(=O)CCCCCCCCC(C)C)OC(=O)CCCCCCCCCCCCCC(C)C. The molecule has 4 unspecified atom stereocenters. The highest BCUT2D eigenvalue weighted by molar-refractivity contribution is 7.47. The highest BCUT2D eigenvalue weighted by Gasteiger charge is 2.30. The van der Waals surface area contributed by atoms with E-state index in [1.165, 1.54) is 167 Å². The summed E-state index contributed by atoms with van der Waals surface area (Å²) in [7, 11) is -9.91. The van der Waals surface area contributed by atoms with Crippen molar-refractivity contribution in [2.75, 3.05) is 39.6 Å². The highest BCUT2D eigenvalue weighted by atomic mass is 31.2. The summed E-state index contributed by atoms with van der Waals surface area (Å²) >= 11 is 0. The number of carbonyl (C=O) groups excluding carboxylic acids is 4. The van der Waals surface area contributed by atoms with Gasteiger partial charge in [-0.2, -0.15) is 0 Å². The summed E-state index contributed by atoms with van der Waals surface area (Å²) in [6.07, 6.45) is 46.0. The van der Waals surface area contributed by atoms with Gasteiger partial charge in [0.05, 0.1) is 26.4 Å². The number of esters is 4. The number of unbranched alkanes of at least 4 members (excludes halogenated alkanes) is 35. The molecule has 0 aliphatic heterocycles. The fourth-order valence-corrected chi connectivity index (χ4v) is 12.6. The van der Waals surface area contributed by atoms with Crippen LogP contribution in [0.4, 0.5) is 0 Å². The Kier molecular flexibility index (Phi) is 61.3. The second-order valence-corrected chi connectivity index (χ2v) is 30.9. The number of aliphatic hydroxyl groups excluding tert-OH is 1. The van der Waals surface area contributed by atoms with E-state index in [0.717, 1.165) is 108 Å². The lowest BCUT2D eigenvalue weighted by Gasteiger charge is -2.21. The zero-order valence-corrected chi connectivity index (χ0v) is 62.0. The van der Waals surface area contributed by atoms with E-state index in [-0.39, 0.29) is 25.7 Å². The lowest BCUT2D eigenvalue weighted by atomic mass is 9.99. The maximum absolute atomic E-state index is 13.1. The molecule has 0 bridgehead atoms. The molecule has 0 heterocycles. The van der Waals surface area contributed by atoms with E-state index in [1.807, 2.05) is 0 Å². The fourth-order valence-electron chi connectivity index (χ4n) is 11.0. The molecule has 17 nitrogen and oxygen atoms in total. The predicted molar refractivity (Wildman–Crippen MR) is 372 cm³/mol. The van der Waals surface area contributed by atoms with Crippen molar-refractivity contribution in [2.24, 2.45) is 23.7 Å². The summed E-state index contributed by atoms with van der Waals surface area (Å²) < 4.78 is 68.3. The third-order valence-corrected chi connectivity index (χ3v) is 19.1. The van der Waals surface area contributed by atoms with Crippen molar-refractivity contribution in [3.05, 3.63) is 0 Å². The van der Waals surface area contributed by atoms with Crippen LogP contribution in [0.2, 0.25) is 0 Å². The molecule has 0 aliphatic rings. The number of rotatable bonds is 70. The van der Waals surface area contributed by atoms with Gasteiger partial charge >= 0.3 is 39.5 Å². The van der Waals surface area contributed by atoms with Crippen LogP contribution in [0, 0.1) is 23.7 Å². The molecule has 0 aromatic heterocycles. The first-order chi connectivity index (χ1) is 44.1. The van der Waals surface area contributed by atoms with Crippen LogP contribution in [0.15, 0.2) is 0 Å². The third-order valence-electron chi connectivity index (χ3n) is 17.2. The molecule has 0 spiro atoms. The normalized spacial score (nSPS) is 14.5. The second-order valence-electron chi connectivity index (χ2n) is 28.0. The number of ether oxygens (including phenoxy) is 4. The Hall–Kier alpha value is -1.94. The van der Waals surface area contributed by atoms with Crippen LogP contribution in [-0.2, 0) is 65.4 Å². The van der Waals surface area contributed by atoms with E-state index in [2.05, 4.69) is 55.4 Å². The van der Waals surface area contributed by atoms with E-state index in [9.17, 15) is 43.2 Å². The molecular weight excluding hydrogens is 1210 g/mol. The zero-order valence-electron chi connectivity index (χ0n) is 60.2. The van der Waals surface area contributed by atoms with Crippen LogP contribution in [0.1, 0.15) is 364 Å². The van der Waals surface area contributed by atoms with Crippen molar-refractivity contribution in [3.8, 4) is 0 Å². The van der Waals surface area contributed by atoms with E-state index in [0.29, 0.717) is 31.6 Å². The quantitative estimate of drug-likeness (QED) is 0.0222. The minimum Gasteiger partial charge on any atom is -0.462 e. The minimum absolute atomic E-state index is 0.101. The average molecular weight is 1350 g/mol. The van der Waals surface area contributed by atoms with Crippen molar-refractivity contribution in [3.63, 3.8) is 0 Å². The molecule has 0 fully saturated rings. The summed E-state index contributed by atoms with van der Waals surface area (Å²) in [5.41, 5.74) is 0. The zero-order chi connectivity index (χ0) is 68.2. The smallest absolute Gasteiger partial charge is 0.462 e. The largest absolute Gasteiger partial charge is 0.472 e. The van der Waals surface area contributed by atoms with Gasteiger partial charge in [-0.15, -0.1) is 0 Å². The molecule has 0 aromatic rings. The molecule has 0 saturated heterocycles. The van der Waals surface area contributed by atoms with Gasteiger partial charge in [-0.3, -0.25) is 37.3 Å². The molecule has 546 valence electrons. The van der Waals surface area contributed by atoms with Crippen molar-refractivity contribution in [2.45, 2.75) is 382 Å². The van der Waals surface area contributed by atoms with Crippen molar-refractivity contribution in [1.82, 2.24) is 0 Å². The molecule has 0 aliphatic carbocycles. The number of hydrogen-bond acceptors (Lipinski definition) is 15. The van der Waals surface area contributed by atoms with Crippen molar-refractivity contribution >= 4 is 39.5 Å².